The van der Waals surface area contributed by atoms with E-state index in [0.717, 1.165) is 25.9 Å². The molecule has 3 rings (SSSR count). The van der Waals surface area contributed by atoms with Crippen molar-refractivity contribution in [2.45, 2.75) is 6.61 Å². The molecule has 0 aliphatic rings. The zero-order valence-electron chi connectivity index (χ0n) is 11.0. The van der Waals surface area contributed by atoms with E-state index in [-0.39, 0.29) is 0 Å². The Morgan fingerprint density at radius 3 is 2.67 bits per heavy atom. The summed E-state index contributed by atoms with van der Waals surface area (Å²) in [6.07, 6.45) is 3.32. The van der Waals surface area contributed by atoms with Crippen LogP contribution in [0.15, 0.2) is 30.6 Å². The van der Waals surface area contributed by atoms with Crippen LogP contribution in [0, 0.1) is 3.57 Å². The zero-order chi connectivity index (χ0) is 14.8. The van der Waals surface area contributed by atoms with E-state index in [1.807, 2.05) is 18.2 Å². The topological polar surface area (TPSA) is 60.8 Å². The second-order valence-electron chi connectivity index (χ2n) is 4.29. The lowest BCUT2D eigenvalue weighted by molar-refractivity contribution is 0.181. The van der Waals surface area contributed by atoms with E-state index in [1.54, 1.807) is 19.5 Å². The molecule has 0 aliphatic heterocycles. The maximum atomic E-state index is 6.18. The number of hydrogen-bond donors (Lipinski definition) is 0. The summed E-state index contributed by atoms with van der Waals surface area (Å²) >= 11 is 8.30. The minimum atomic E-state index is 0.390. The van der Waals surface area contributed by atoms with Gasteiger partial charge in [0.05, 0.1) is 26.9 Å². The molecule has 5 nitrogen and oxygen atoms in total. The molecule has 0 saturated heterocycles. The van der Waals surface area contributed by atoms with Crippen LogP contribution >= 0.6 is 34.2 Å². The number of fused-ring (bicyclic) bond motifs is 1. The van der Waals surface area contributed by atoms with Crippen molar-refractivity contribution in [3.05, 3.63) is 45.0 Å². The van der Waals surface area contributed by atoms with Crippen LogP contribution in [-0.2, 0) is 11.3 Å². The molecule has 0 fully saturated rings. The SMILES string of the molecule is COCc1nc(-c2ccc3nccnc3c2)nc(Cl)c1I. The van der Waals surface area contributed by atoms with Crippen LogP contribution in [0.3, 0.4) is 0 Å². The van der Waals surface area contributed by atoms with Crippen molar-refractivity contribution in [1.29, 1.82) is 0 Å². The molecule has 0 bridgehead atoms. The van der Waals surface area contributed by atoms with Crippen molar-refractivity contribution in [1.82, 2.24) is 19.9 Å². The molecule has 7 heteroatoms. The molecule has 0 spiro atoms. The van der Waals surface area contributed by atoms with Crippen molar-refractivity contribution in [2.24, 2.45) is 0 Å². The number of benzene rings is 1. The number of hydrogen-bond acceptors (Lipinski definition) is 5. The quantitative estimate of drug-likeness (QED) is 0.487. The Balaban J connectivity index is 2.13. The number of methoxy groups -OCH3 is 1. The van der Waals surface area contributed by atoms with Gasteiger partial charge in [-0.3, -0.25) is 9.97 Å². The Kier molecular flexibility index (Phi) is 4.27. The third kappa shape index (κ3) is 2.97. The van der Waals surface area contributed by atoms with Gasteiger partial charge in [0, 0.05) is 25.1 Å². The van der Waals surface area contributed by atoms with Gasteiger partial charge in [-0.25, -0.2) is 9.97 Å². The Morgan fingerprint density at radius 2 is 1.90 bits per heavy atom. The number of aromatic nitrogens is 4. The standard InChI is InChI=1S/C14H10ClIN4O/c1-21-7-11-12(16)13(15)20-14(19-11)8-2-3-9-10(6-8)18-5-4-17-9/h2-6H,7H2,1H3. The number of nitrogens with zero attached hydrogens (tertiary/aromatic N) is 4. The smallest absolute Gasteiger partial charge is 0.161 e. The lowest BCUT2D eigenvalue weighted by Gasteiger charge is -2.08. The maximum Gasteiger partial charge on any atom is 0.161 e. The Labute approximate surface area is 139 Å². The summed E-state index contributed by atoms with van der Waals surface area (Å²) in [5, 5.41) is 0.423. The molecule has 21 heavy (non-hydrogen) atoms. The maximum absolute atomic E-state index is 6.18. The van der Waals surface area contributed by atoms with E-state index in [0.29, 0.717) is 17.6 Å². The number of ether oxygens (including phenoxy) is 1. The lowest BCUT2D eigenvalue weighted by atomic mass is 10.2. The van der Waals surface area contributed by atoms with Gasteiger partial charge in [-0.2, -0.15) is 0 Å². The van der Waals surface area contributed by atoms with Crippen LogP contribution in [-0.4, -0.2) is 27.0 Å². The summed E-state index contributed by atoms with van der Waals surface area (Å²) < 4.78 is 5.95. The van der Waals surface area contributed by atoms with Crippen molar-refractivity contribution >= 4 is 45.2 Å². The van der Waals surface area contributed by atoms with Gasteiger partial charge in [0.2, 0.25) is 0 Å². The van der Waals surface area contributed by atoms with Gasteiger partial charge >= 0.3 is 0 Å². The van der Waals surface area contributed by atoms with Gasteiger partial charge in [0.25, 0.3) is 0 Å². The predicted molar refractivity (Wildman–Crippen MR) is 89.0 cm³/mol. The molecule has 2 heterocycles. The van der Waals surface area contributed by atoms with Crippen LogP contribution in [0.5, 0.6) is 0 Å². The van der Waals surface area contributed by atoms with E-state index in [9.17, 15) is 0 Å². The van der Waals surface area contributed by atoms with Crippen molar-refractivity contribution in [3.63, 3.8) is 0 Å². The largest absolute Gasteiger partial charge is 0.378 e. The Bertz CT molecular complexity index is 812. The second-order valence-corrected chi connectivity index (χ2v) is 5.73. The summed E-state index contributed by atoms with van der Waals surface area (Å²) in [5.74, 6) is 0.556. The first-order valence-electron chi connectivity index (χ1n) is 6.11. The third-order valence-electron chi connectivity index (χ3n) is 2.89. The summed E-state index contributed by atoms with van der Waals surface area (Å²) in [6.45, 7) is 0.390. The minimum absolute atomic E-state index is 0.390. The molecule has 106 valence electrons. The van der Waals surface area contributed by atoms with Gasteiger partial charge in [0.1, 0.15) is 5.15 Å². The monoisotopic (exact) mass is 412 g/mol. The van der Waals surface area contributed by atoms with Gasteiger partial charge in [-0.15, -0.1) is 0 Å². The van der Waals surface area contributed by atoms with Crippen LogP contribution in [0.25, 0.3) is 22.4 Å². The van der Waals surface area contributed by atoms with Crippen LogP contribution in [0.4, 0.5) is 0 Å². The first-order chi connectivity index (χ1) is 10.2. The molecular formula is C14H10ClIN4O. The molecule has 2 aromatic heterocycles. The van der Waals surface area contributed by atoms with E-state index in [1.165, 1.54) is 0 Å². The fourth-order valence-electron chi connectivity index (χ4n) is 1.93. The first-order valence-corrected chi connectivity index (χ1v) is 7.56. The highest BCUT2D eigenvalue weighted by Gasteiger charge is 2.12. The first kappa shape index (κ1) is 14.6. The van der Waals surface area contributed by atoms with Gasteiger partial charge in [-0.1, -0.05) is 11.6 Å². The summed E-state index contributed by atoms with van der Waals surface area (Å²) in [7, 11) is 1.62. The predicted octanol–water partition coefficient (Wildman–Crippen LogP) is 3.49. The average molecular weight is 413 g/mol. The van der Waals surface area contributed by atoms with Gasteiger partial charge < -0.3 is 4.74 Å². The van der Waals surface area contributed by atoms with Crippen molar-refractivity contribution in [2.75, 3.05) is 7.11 Å². The molecule has 0 atom stereocenters. The summed E-state index contributed by atoms with van der Waals surface area (Å²) in [6, 6.07) is 5.70. The van der Waals surface area contributed by atoms with Crippen LogP contribution in [0.2, 0.25) is 5.15 Å². The van der Waals surface area contributed by atoms with Crippen molar-refractivity contribution in [3.8, 4) is 11.4 Å². The molecule has 1 aromatic carbocycles. The van der Waals surface area contributed by atoms with Gasteiger partial charge in [0.15, 0.2) is 5.82 Å². The van der Waals surface area contributed by atoms with E-state index >= 15 is 0 Å². The molecule has 0 aliphatic carbocycles. The fraction of sp³-hybridized carbons (Fsp3) is 0.143. The molecular weight excluding hydrogens is 403 g/mol. The number of halogens is 2. The highest BCUT2D eigenvalue weighted by molar-refractivity contribution is 14.1. The molecule has 0 amide bonds. The highest BCUT2D eigenvalue weighted by Crippen LogP contribution is 2.25. The number of rotatable bonds is 3. The minimum Gasteiger partial charge on any atom is -0.378 e. The molecule has 0 radical (unpaired) electrons. The summed E-state index contributed by atoms with van der Waals surface area (Å²) in [5.41, 5.74) is 3.24. The summed E-state index contributed by atoms with van der Waals surface area (Å²) in [4.78, 5) is 17.4. The van der Waals surface area contributed by atoms with Crippen molar-refractivity contribution < 1.29 is 4.74 Å². The van der Waals surface area contributed by atoms with Crippen LogP contribution < -0.4 is 0 Å². The average Bonchev–Trinajstić information content (AvgIpc) is 2.51. The Morgan fingerprint density at radius 1 is 1.14 bits per heavy atom. The van der Waals surface area contributed by atoms with Gasteiger partial charge in [-0.05, 0) is 40.8 Å². The Hall–Kier alpha value is -1.38. The highest BCUT2D eigenvalue weighted by atomic mass is 127. The zero-order valence-corrected chi connectivity index (χ0v) is 14.0. The lowest BCUT2D eigenvalue weighted by Crippen LogP contribution is -2.02. The second kappa shape index (κ2) is 6.17. The van der Waals surface area contributed by atoms with E-state index in [4.69, 9.17) is 16.3 Å². The molecule has 0 saturated carbocycles. The third-order valence-corrected chi connectivity index (χ3v) is 4.61. The molecule has 0 unspecified atom stereocenters. The van der Waals surface area contributed by atoms with E-state index < -0.39 is 0 Å². The van der Waals surface area contributed by atoms with E-state index in [2.05, 4.69) is 42.5 Å². The normalized spacial score (nSPS) is 11.0. The molecule has 0 N–H and O–H groups in total. The molecule has 3 aromatic rings. The van der Waals surface area contributed by atoms with Crippen LogP contribution in [0.1, 0.15) is 5.69 Å². The fourth-order valence-corrected chi connectivity index (χ4v) is 2.51.